The van der Waals surface area contributed by atoms with Crippen molar-refractivity contribution in [2.24, 2.45) is 0 Å². The molecule has 1 aliphatic rings. The Bertz CT molecular complexity index is 454. The van der Waals surface area contributed by atoms with E-state index in [1.165, 1.54) is 38.8 Å². The number of nitrogens with zero attached hydrogens (tertiary/aromatic N) is 4. The first kappa shape index (κ1) is 14.7. The van der Waals surface area contributed by atoms with Crippen molar-refractivity contribution < 1.29 is 0 Å². The van der Waals surface area contributed by atoms with E-state index in [-0.39, 0.29) is 0 Å². The van der Waals surface area contributed by atoms with Crippen LogP contribution in [0.15, 0.2) is 12.4 Å². The molecule has 2 heterocycles. The SMILES string of the molecule is CC1CCCCN1CCCCNc1nccnc1C#N. The highest BCUT2D eigenvalue weighted by molar-refractivity contribution is 5.46. The Balaban J connectivity index is 1.65. The number of aromatic nitrogens is 2. The second kappa shape index (κ2) is 7.81. The minimum Gasteiger partial charge on any atom is -0.368 e. The monoisotopic (exact) mass is 273 g/mol. The van der Waals surface area contributed by atoms with Gasteiger partial charge in [0.1, 0.15) is 6.07 Å². The third-order valence-electron chi connectivity index (χ3n) is 3.91. The molecule has 0 radical (unpaired) electrons. The van der Waals surface area contributed by atoms with Crippen molar-refractivity contribution in [1.29, 1.82) is 5.26 Å². The molecule has 0 aromatic carbocycles. The van der Waals surface area contributed by atoms with Gasteiger partial charge in [-0.25, -0.2) is 9.97 Å². The molecule has 1 atom stereocenters. The van der Waals surface area contributed by atoms with Gasteiger partial charge in [0.05, 0.1) is 0 Å². The fourth-order valence-corrected chi connectivity index (χ4v) is 2.69. The van der Waals surface area contributed by atoms with Gasteiger partial charge in [0.25, 0.3) is 0 Å². The van der Waals surface area contributed by atoms with Gasteiger partial charge in [0, 0.05) is 25.0 Å². The molecule has 0 saturated carbocycles. The zero-order chi connectivity index (χ0) is 14.2. The lowest BCUT2D eigenvalue weighted by Gasteiger charge is -2.33. The molecular weight excluding hydrogens is 250 g/mol. The number of nitrogens with one attached hydrogen (secondary N) is 1. The maximum Gasteiger partial charge on any atom is 0.182 e. The summed E-state index contributed by atoms with van der Waals surface area (Å²) in [5.41, 5.74) is 0.372. The van der Waals surface area contributed by atoms with Crippen molar-refractivity contribution in [1.82, 2.24) is 14.9 Å². The van der Waals surface area contributed by atoms with Gasteiger partial charge in [-0.3, -0.25) is 0 Å². The summed E-state index contributed by atoms with van der Waals surface area (Å²) < 4.78 is 0. The average molecular weight is 273 g/mol. The van der Waals surface area contributed by atoms with E-state index >= 15 is 0 Å². The van der Waals surface area contributed by atoms with Crippen LogP contribution in [0, 0.1) is 11.3 Å². The quantitative estimate of drug-likeness (QED) is 0.806. The number of likely N-dealkylation sites (tertiary alicyclic amines) is 1. The van der Waals surface area contributed by atoms with Gasteiger partial charge in [-0.2, -0.15) is 5.26 Å². The standard InChI is InChI=1S/C15H23N5/c1-13-6-2-4-10-20(13)11-5-3-7-18-15-14(12-16)17-8-9-19-15/h8-9,13H,2-7,10-11H2,1H3,(H,18,19). The van der Waals surface area contributed by atoms with Crippen LogP contribution in [0.4, 0.5) is 5.82 Å². The molecular formula is C15H23N5. The maximum absolute atomic E-state index is 8.92. The van der Waals surface area contributed by atoms with E-state index in [9.17, 15) is 0 Å². The maximum atomic E-state index is 8.92. The van der Waals surface area contributed by atoms with E-state index in [2.05, 4.69) is 27.1 Å². The van der Waals surface area contributed by atoms with Crippen molar-refractivity contribution >= 4 is 5.82 Å². The number of nitriles is 1. The number of hydrogen-bond donors (Lipinski definition) is 1. The van der Waals surface area contributed by atoms with Crippen LogP contribution in [0.25, 0.3) is 0 Å². The fraction of sp³-hybridized carbons (Fsp3) is 0.667. The Labute approximate surface area is 121 Å². The van der Waals surface area contributed by atoms with Crippen LogP contribution in [0.2, 0.25) is 0 Å². The van der Waals surface area contributed by atoms with Crippen molar-refractivity contribution in [2.45, 2.75) is 45.1 Å². The number of rotatable bonds is 6. The first-order valence-corrected chi connectivity index (χ1v) is 7.50. The summed E-state index contributed by atoms with van der Waals surface area (Å²) in [4.78, 5) is 10.7. The van der Waals surface area contributed by atoms with E-state index in [0.717, 1.165) is 19.0 Å². The van der Waals surface area contributed by atoms with Crippen LogP contribution < -0.4 is 5.32 Å². The molecule has 1 saturated heterocycles. The van der Waals surface area contributed by atoms with Gasteiger partial charge in [-0.1, -0.05) is 6.42 Å². The molecule has 1 unspecified atom stereocenters. The smallest absolute Gasteiger partial charge is 0.182 e. The van der Waals surface area contributed by atoms with E-state index in [1.807, 2.05) is 6.07 Å². The van der Waals surface area contributed by atoms with E-state index < -0.39 is 0 Å². The molecule has 108 valence electrons. The molecule has 1 N–H and O–H groups in total. The number of hydrogen-bond acceptors (Lipinski definition) is 5. The molecule has 5 nitrogen and oxygen atoms in total. The van der Waals surface area contributed by atoms with Crippen LogP contribution in [-0.4, -0.2) is 40.5 Å². The molecule has 0 spiro atoms. The van der Waals surface area contributed by atoms with Crippen LogP contribution in [0.3, 0.4) is 0 Å². The summed E-state index contributed by atoms with van der Waals surface area (Å²) >= 11 is 0. The van der Waals surface area contributed by atoms with Gasteiger partial charge in [-0.05, 0) is 45.7 Å². The summed E-state index contributed by atoms with van der Waals surface area (Å²) in [7, 11) is 0. The fourth-order valence-electron chi connectivity index (χ4n) is 2.69. The number of unbranched alkanes of at least 4 members (excludes halogenated alkanes) is 1. The third-order valence-corrected chi connectivity index (χ3v) is 3.91. The van der Waals surface area contributed by atoms with E-state index in [4.69, 9.17) is 5.26 Å². The third kappa shape index (κ3) is 4.17. The Hall–Kier alpha value is -1.67. The molecule has 20 heavy (non-hydrogen) atoms. The van der Waals surface area contributed by atoms with Gasteiger partial charge >= 0.3 is 0 Å². The van der Waals surface area contributed by atoms with Gasteiger partial charge in [0.2, 0.25) is 0 Å². The minimum absolute atomic E-state index is 0.372. The lowest BCUT2D eigenvalue weighted by Crippen LogP contribution is -2.38. The van der Waals surface area contributed by atoms with Gasteiger partial charge in [0.15, 0.2) is 11.5 Å². The van der Waals surface area contributed by atoms with Gasteiger partial charge in [-0.15, -0.1) is 0 Å². The first-order chi connectivity index (χ1) is 9.81. The van der Waals surface area contributed by atoms with Crippen molar-refractivity contribution in [3.05, 3.63) is 18.1 Å². The predicted octanol–water partition coefficient (Wildman–Crippen LogP) is 2.41. The predicted molar refractivity (Wildman–Crippen MR) is 79.4 cm³/mol. The topological polar surface area (TPSA) is 64.8 Å². The number of piperidine rings is 1. The summed E-state index contributed by atoms with van der Waals surface area (Å²) in [6.07, 6.45) is 9.48. The molecule has 0 aliphatic carbocycles. The Morgan fingerprint density at radius 2 is 2.20 bits per heavy atom. The second-order valence-corrected chi connectivity index (χ2v) is 5.38. The number of anilines is 1. The van der Waals surface area contributed by atoms with Gasteiger partial charge < -0.3 is 10.2 Å². The zero-order valence-corrected chi connectivity index (χ0v) is 12.2. The molecule has 0 amide bonds. The van der Waals surface area contributed by atoms with E-state index in [0.29, 0.717) is 11.5 Å². The second-order valence-electron chi connectivity index (χ2n) is 5.38. The molecule has 1 aromatic heterocycles. The Kier molecular flexibility index (Phi) is 5.75. The van der Waals surface area contributed by atoms with Crippen LogP contribution in [0.5, 0.6) is 0 Å². The van der Waals surface area contributed by atoms with Crippen LogP contribution in [0.1, 0.15) is 44.7 Å². The molecule has 5 heteroatoms. The average Bonchev–Trinajstić information content (AvgIpc) is 2.49. The largest absolute Gasteiger partial charge is 0.368 e. The molecule has 1 aromatic rings. The van der Waals surface area contributed by atoms with Crippen LogP contribution >= 0.6 is 0 Å². The minimum atomic E-state index is 0.372. The Morgan fingerprint density at radius 3 is 3.00 bits per heavy atom. The Morgan fingerprint density at radius 1 is 1.35 bits per heavy atom. The summed E-state index contributed by atoms with van der Waals surface area (Å²) in [6.45, 7) is 5.59. The molecule has 1 fully saturated rings. The van der Waals surface area contributed by atoms with Crippen molar-refractivity contribution in [3.8, 4) is 6.07 Å². The normalized spacial score (nSPS) is 19.5. The summed E-state index contributed by atoms with van der Waals surface area (Å²) in [5, 5.41) is 12.1. The highest BCUT2D eigenvalue weighted by Gasteiger charge is 2.16. The first-order valence-electron chi connectivity index (χ1n) is 7.50. The summed E-state index contributed by atoms with van der Waals surface area (Å²) in [6, 6.07) is 2.79. The molecule has 0 bridgehead atoms. The van der Waals surface area contributed by atoms with Crippen molar-refractivity contribution in [3.63, 3.8) is 0 Å². The lowest BCUT2D eigenvalue weighted by atomic mass is 10.0. The molecule has 2 rings (SSSR count). The lowest BCUT2D eigenvalue weighted by molar-refractivity contribution is 0.158. The highest BCUT2D eigenvalue weighted by Crippen LogP contribution is 2.16. The molecule has 1 aliphatic heterocycles. The summed E-state index contributed by atoms with van der Waals surface area (Å²) in [5.74, 6) is 0.598. The highest BCUT2D eigenvalue weighted by atomic mass is 15.2. The zero-order valence-electron chi connectivity index (χ0n) is 12.2. The van der Waals surface area contributed by atoms with Crippen LogP contribution in [-0.2, 0) is 0 Å². The van der Waals surface area contributed by atoms with E-state index in [1.54, 1.807) is 12.4 Å². The van der Waals surface area contributed by atoms with Crippen molar-refractivity contribution in [2.75, 3.05) is 25.0 Å².